The summed E-state index contributed by atoms with van der Waals surface area (Å²) in [6.45, 7) is 5.96. The minimum absolute atomic E-state index is 0.518. The van der Waals surface area contributed by atoms with E-state index < -0.39 is 0 Å². The van der Waals surface area contributed by atoms with E-state index in [1.165, 1.54) is 0 Å². The van der Waals surface area contributed by atoms with Crippen molar-refractivity contribution >= 4 is 0 Å². The van der Waals surface area contributed by atoms with Crippen LogP contribution in [0.1, 0.15) is 31.9 Å². The molecule has 3 heteroatoms. The average Bonchev–Trinajstić information content (AvgIpc) is 2.48. The summed E-state index contributed by atoms with van der Waals surface area (Å²) in [6, 6.07) is 2.07. The zero-order valence-electron chi connectivity index (χ0n) is 7.83. The minimum Gasteiger partial charge on any atom is -0.330 e. The molecule has 0 saturated heterocycles. The molecule has 1 heterocycles. The van der Waals surface area contributed by atoms with E-state index in [0.29, 0.717) is 5.92 Å². The van der Waals surface area contributed by atoms with Crippen molar-refractivity contribution in [1.29, 1.82) is 0 Å². The lowest BCUT2D eigenvalue weighted by Gasteiger charge is -2.00. The fraction of sp³-hybridized carbons (Fsp3) is 0.667. The van der Waals surface area contributed by atoms with E-state index in [4.69, 9.17) is 5.73 Å². The van der Waals surface area contributed by atoms with Crippen molar-refractivity contribution in [3.63, 3.8) is 0 Å². The molecule has 0 spiro atoms. The van der Waals surface area contributed by atoms with Crippen LogP contribution in [0.15, 0.2) is 12.3 Å². The van der Waals surface area contributed by atoms with Gasteiger partial charge in [-0.1, -0.05) is 13.8 Å². The third-order valence-corrected chi connectivity index (χ3v) is 1.84. The van der Waals surface area contributed by atoms with Gasteiger partial charge >= 0.3 is 0 Å². The van der Waals surface area contributed by atoms with Crippen LogP contribution in [0.2, 0.25) is 0 Å². The first kappa shape index (κ1) is 9.26. The maximum absolute atomic E-state index is 5.40. The first-order valence-electron chi connectivity index (χ1n) is 4.47. The molecular weight excluding hydrogens is 150 g/mol. The van der Waals surface area contributed by atoms with E-state index in [2.05, 4.69) is 25.0 Å². The van der Waals surface area contributed by atoms with Gasteiger partial charge in [-0.05, 0) is 24.9 Å². The van der Waals surface area contributed by atoms with E-state index in [1.807, 2.05) is 10.9 Å². The van der Waals surface area contributed by atoms with Crippen LogP contribution in [0.4, 0.5) is 0 Å². The highest BCUT2D eigenvalue weighted by Gasteiger charge is 2.01. The first-order chi connectivity index (χ1) is 5.74. The Kier molecular flexibility index (Phi) is 3.29. The molecule has 0 radical (unpaired) electrons. The Balaban J connectivity index is 2.52. The van der Waals surface area contributed by atoms with Crippen molar-refractivity contribution in [3.05, 3.63) is 18.0 Å². The van der Waals surface area contributed by atoms with E-state index >= 15 is 0 Å². The number of aromatic nitrogens is 2. The van der Waals surface area contributed by atoms with Gasteiger partial charge in [0.15, 0.2) is 0 Å². The van der Waals surface area contributed by atoms with Gasteiger partial charge in [-0.2, -0.15) is 5.10 Å². The molecule has 0 aliphatic carbocycles. The number of rotatable bonds is 4. The molecule has 1 aromatic rings. The number of nitrogens with zero attached hydrogens (tertiary/aromatic N) is 2. The maximum Gasteiger partial charge on any atom is 0.0649 e. The van der Waals surface area contributed by atoms with Gasteiger partial charge in [0.2, 0.25) is 0 Å². The van der Waals surface area contributed by atoms with Crippen LogP contribution in [-0.2, 0) is 6.54 Å². The average molecular weight is 167 g/mol. The van der Waals surface area contributed by atoms with E-state index in [-0.39, 0.29) is 0 Å². The fourth-order valence-electron chi connectivity index (χ4n) is 1.06. The lowest BCUT2D eigenvalue weighted by atomic mass is 10.1. The van der Waals surface area contributed by atoms with Crippen molar-refractivity contribution in [2.45, 2.75) is 32.7 Å². The van der Waals surface area contributed by atoms with Crippen LogP contribution >= 0.6 is 0 Å². The van der Waals surface area contributed by atoms with Gasteiger partial charge in [0.25, 0.3) is 0 Å². The molecule has 1 aromatic heterocycles. The van der Waals surface area contributed by atoms with Crippen molar-refractivity contribution in [2.24, 2.45) is 5.73 Å². The van der Waals surface area contributed by atoms with E-state index in [9.17, 15) is 0 Å². The van der Waals surface area contributed by atoms with Gasteiger partial charge in [0.1, 0.15) is 0 Å². The van der Waals surface area contributed by atoms with Crippen LogP contribution in [0.25, 0.3) is 0 Å². The quantitative estimate of drug-likeness (QED) is 0.735. The topological polar surface area (TPSA) is 43.8 Å². The largest absolute Gasteiger partial charge is 0.330 e. The maximum atomic E-state index is 5.40. The molecule has 0 aliphatic rings. The highest BCUT2D eigenvalue weighted by Crippen LogP contribution is 2.10. The number of hydrogen-bond donors (Lipinski definition) is 1. The van der Waals surface area contributed by atoms with Crippen molar-refractivity contribution in [2.75, 3.05) is 6.54 Å². The van der Waals surface area contributed by atoms with Gasteiger partial charge in [-0.15, -0.1) is 0 Å². The van der Waals surface area contributed by atoms with Crippen LogP contribution in [-0.4, -0.2) is 16.3 Å². The SMILES string of the molecule is CC(C)c1ccn(CCCN)n1. The molecule has 2 N–H and O–H groups in total. The standard InChI is InChI=1S/C9H17N3/c1-8(2)9-4-7-12(11-9)6-3-5-10/h4,7-8H,3,5-6,10H2,1-2H3. The third kappa shape index (κ3) is 2.34. The monoisotopic (exact) mass is 167 g/mol. The molecule has 0 aromatic carbocycles. The van der Waals surface area contributed by atoms with E-state index in [1.54, 1.807) is 0 Å². The molecule has 0 unspecified atom stereocenters. The number of aryl methyl sites for hydroxylation is 1. The van der Waals surface area contributed by atoms with E-state index in [0.717, 1.165) is 25.2 Å². The summed E-state index contributed by atoms with van der Waals surface area (Å²) in [6.07, 6.45) is 3.02. The summed E-state index contributed by atoms with van der Waals surface area (Å²) in [7, 11) is 0. The second-order valence-corrected chi connectivity index (χ2v) is 3.30. The smallest absolute Gasteiger partial charge is 0.0649 e. The Morgan fingerprint density at radius 2 is 2.33 bits per heavy atom. The van der Waals surface area contributed by atoms with Crippen LogP contribution in [0, 0.1) is 0 Å². The number of nitrogens with two attached hydrogens (primary N) is 1. The number of hydrogen-bond acceptors (Lipinski definition) is 2. The van der Waals surface area contributed by atoms with Gasteiger partial charge in [-0.25, -0.2) is 0 Å². The van der Waals surface area contributed by atoms with Crippen LogP contribution in [0.5, 0.6) is 0 Å². The van der Waals surface area contributed by atoms with Gasteiger partial charge < -0.3 is 5.73 Å². The summed E-state index contributed by atoms with van der Waals surface area (Å²) < 4.78 is 1.96. The Morgan fingerprint density at radius 3 is 2.83 bits per heavy atom. The molecule has 0 saturated carbocycles. The molecule has 68 valence electrons. The minimum atomic E-state index is 0.518. The highest BCUT2D eigenvalue weighted by molar-refractivity contribution is 5.03. The lowest BCUT2D eigenvalue weighted by Crippen LogP contribution is -2.06. The molecule has 1 rings (SSSR count). The molecule has 12 heavy (non-hydrogen) atoms. The Morgan fingerprint density at radius 1 is 1.58 bits per heavy atom. The predicted molar refractivity (Wildman–Crippen MR) is 50.0 cm³/mol. The Labute approximate surface area is 73.6 Å². The molecule has 0 amide bonds. The lowest BCUT2D eigenvalue weighted by molar-refractivity contribution is 0.572. The predicted octanol–water partition coefficient (Wildman–Crippen LogP) is 1.36. The van der Waals surface area contributed by atoms with Crippen LogP contribution < -0.4 is 5.73 Å². The first-order valence-corrected chi connectivity index (χ1v) is 4.47. The molecule has 0 atom stereocenters. The van der Waals surface area contributed by atoms with Crippen LogP contribution in [0.3, 0.4) is 0 Å². The highest BCUT2D eigenvalue weighted by atomic mass is 15.3. The fourth-order valence-corrected chi connectivity index (χ4v) is 1.06. The molecular formula is C9H17N3. The van der Waals surface area contributed by atoms with Gasteiger partial charge in [0, 0.05) is 12.7 Å². The zero-order valence-corrected chi connectivity index (χ0v) is 7.83. The second-order valence-electron chi connectivity index (χ2n) is 3.30. The second kappa shape index (κ2) is 4.26. The van der Waals surface area contributed by atoms with Crippen molar-refractivity contribution in [1.82, 2.24) is 9.78 Å². The third-order valence-electron chi connectivity index (χ3n) is 1.84. The summed E-state index contributed by atoms with van der Waals surface area (Å²) in [5, 5.41) is 4.41. The van der Waals surface area contributed by atoms with Crippen molar-refractivity contribution < 1.29 is 0 Å². The molecule has 0 aliphatic heterocycles. The Hall–Kier alpha value is -0.830. The molecule has 0 fully saturated rings. The zero-order chi connectivity index (χ0) is 8.97. The van der Waals surface area contributed by atoms with Gasteiger partial charge in [0.05, 0.1) is 5.69 Å². The molecule has 0 bridgehead atoms. The van der Waals surface area contributed by atoms with Gasteiger partial charge in [-0.3, -0.25) is 4.68 Å². The summed E-state index contributed by atoms with van der Waals surface area (Å²) >= 11 is 0. The summed E-state index contributed by atoms with van der Waals surface area (Å²) in [5.41, 5.74) is 6.56. The summed E-state index contributed by atoms with van der Waals surface area (Å²) in [5.74, 6) is 0.518. The van der Waals surface area contributed by atoms with Crippen molar-refractivity contribution in [3.8, 4) is 0 Å². The Bertz CT molecular complexity index is 227. The summed E-state index contributed by atoms with van der Waals surface area (Å²) in [4.78, 5) is 0. The molecule has 3 nitrogen and oxygen atoms in total. The normalized spacial score (nSPS) is 11.0.